The van der Waals surface area contributed by atoms with Crippen molar-refractivity contribution in [1.82, 2.24) is 14.5 Å². The maximum absolute atomic E-state index is 5.24. The number of aryl methyl sites for hydroxylation is 1. The quantitative estimate of drug-likeness (QED) is 0.602. The number of hydrogen-bond acceptors (Lipinski definition) is 4. The van der Waals surface area contributed by atoms with Gasteiger partial charge in [-0.25, -0.2) is 4.98 Å². The van der Waals surface area contributed by atoms with Crippen molar-refractivity contribution in [3.05, 3.63) is 71.7 Å². The van der Waals surface area contributed by atoms with E-state index in [4.69, 9.17) is 4.98 Å². The Labute approximate surface area is 194 Å². The third-order valence-corrected chi connectivity index (χ3v) is 10.3. The van der Waals surface area contributed by atoms with Crippen LogP contribution >= 0.6 is 10.0 Å². The molecule has 0 saturated heterocycles. The van der Waals surface area contributed by atoms with E-state index >= 15 is 0 Å². The first kappa shape index (κ1) is 22.5. The standard InChI is InChI=1S/C26H35N5S/c1-18(2)32(7,8)26-28-25-24(31(26)16-22-11-9-19(3)10-12-22)20(4)30(21(5)29(25)6)17-23-13-14-27-15-23/h9-14,18H,4-5,15-17H2,1-3,6-8H3. The van der Waals surface area contributed by atoms with Crippen LogP contribution in [0.3, 0.4) is 0 Å². The lowest BCUT2D eigenvalue weighted by Gasteiger charge is -2.39. The molecule has 0 radical (unpaired) electrons. The summed E-state index contributed by atoms with van der Waals surface area (Å²) in [7, 11) is 0.931. The van der Waals surface area contributed by atoms with E-state index in [2.05, 4.69) is 103 Å². The first-order valence-electron chi connectivity index (χ1n) is 11.1. The molecule has 0 atom stereocenters. The summed E-state index contributed by atoms with van der Waals surface area (Å²) in [6.45, 7) is 17.9. The van der Waals surface area contributed by atoms with Crippen LogP contribution in [0, 0.1) is 6.92 Å². The van der Waals surface area contributed by atoms with Crippen molar-refractivity contribution in [1.29, 1.82) is 0 Å². The molecule has 0 spiro atoms. The first-order chi connectivity index (χ1) is 15.1. The molecule has 5 nitrogen and oxygen atoms in total. The van der Waals surface area contributed by atoms with Crippen LogP contribution in [0.15, 0.2) is 65.0 Å². The molecule has 0 N–H and O–H groups in total. The highest BCUT2D eigenvalue weighted by Gasteiger charge is 2.36. The molecule has 0 fully saturated rings. The van der Waals surface area contributed by atoms with Gasteiger partial charge in [-0.15, -0.1) is 0 Å². The Morgan fingerprint density at radius 3 is 2.38 bits per heavy atom. The van der Waals surface area contributed by atoms with Gasteiger partial charge in [-0.05, 0) is 41.9 Å². The van der Waals surface area contributed by atoms with Crippen molar-refractivity contribution in [2.75, 3.05) is 37.5 Å². The van der Waals surface area contributed by atoms with Gasteiger partial charge in [0.15, 0.2) is 11.0 Å². The largest absolute Gasteiger partial charge is 0.323 e. The number of allylic oxidation sites excluding steroid dienone is 1. The van der Waals surface area contributed by atoms with Crippen LogP contribution < -0.4 is 4.90 Å². The van der Waals surface area contributed by atoms with Crippen LogP contribution in [0.5, 0.6) is 0 Å². The van der Waals surface area contributed by atoms with E-state index in [1.807, 2.05) is 6.21 Å². The Morgan fingerprint density at radius 2 is 1.78 bits per heavy atom. The van der Waals surface area contributed by atoms with Gasteiger partial charge in [0.05, 0.1) is 18.8 Å². The van der Waals surface area contributed by atoms with Gasteiger partial charge >= 0.3 is 0 Å². The van der Waals surface area contributed by atoms with Crippen molar-refractivity contribution in [3.63, 3.8) is 0 Å². The molecule has 0 bridgehead atoms. The maximum atomic E-state index is 5.24. The lowest BCUT2D eigenvalue weighted by Crippen LogP contribution is -2.38. The normalized spacial score (nSPS) is 16.8. The van der Waals surface area contributed by atoms with Gasteiger partial charge in [0.2, 0.25) is 0 Å². The second-order valence-electron chi connectivity index (χ2n) is 9.42. The monoisotopic (exact) mass is 449 g/mol. The molecule has 1 aromatic carbocycles. The smallest absolute Gasteiger partial charge is 0.163 e. The molecule has 0 unspecified atom stereocenters. The number of fused-ring (bicyclic) bond motifs is 1. The second kappa shape index (κ2) is 8.32. The zero-order chi connectivity index (χ0) is 23.2. The molecule has 170 valence electrons. The maximum Gasteiger partial charge on any atom is 0.163 e. The summed E-state index contributed by atoms with van der Waals surface area (Å²) >= 11 is 0. The number of hydrogen-bond donors (Lipinski definition) is 0. The van der Waals surface area contributed by atoms with E-state index in [9.17, 15) is 0 Å². The van der Waals surface area contributed by atoms with Crippen LogP contribution in [0.4, 0.5) is 5.82 Å². The highest BCUT2D eigenvalue weighted by atomic mass is 32.3. The zero-order valence-electron chi connectivity index (χ0n) is 20.2. The summed E-state index contributed by atoms with van der Waals surface area (Å²) in [5.41, 5.74) is 5.86. The van der Waals surface area contributed by atoms with Gasteiger partial charge in [-0.3, -0.25) is 4.99 Å². The molecule has 0 amide bonds. The number of benzene rings is 1. The summed E-state index contributed by atoms with van der Waals surface area (Å²) in [6.07, 6.45) is 8.71. The van der Waals surface area contributed by atoms with Crippen molar-refractivity contribution >= 4 is 27.8 Å². The van der Waals surface area contributed by atoms with Crippen LogP contribution in [-0.2, 0) is 6.54 Å². The number of aliphatic imine (C=N–C) groups is 1. The zero-order valence-corrected chi connectivity index (χ0v) is 21.0. The number of nitrogens with zero attached hydrogens (tertiary/aromatic N) is 5. The summed E-state index contributed by atoms with van der Waals surface area (Å²) in [4.78, 5) is 13.9. The fraction of sp³-hybridized carbons (Fsp3) is 0.385. The molecule has 2 aromatic rings. The fourth-order valence-corrected chi connectivity index (χ4v) is 5.50. The van der Waals surface area contributed by atoms with E-state index in [1.54, 1.807) is 0 Å². The third kappa shape index (κ3) is 3.81. The van der Waals surface area contributed by atoms with E-state index in [1.165, 1.54) is 21.9 Å². The predicted molar refractivity (Wildman–Crippen MR) is 140 cm³/mol. The summed E-state index contributed by atoms with van der Waals surface area (Å²) in [6, 6.07) is 8.80. The van der Waals surface area contributed by atoms with Gasteiger partial charge in [0.1, 0.15) is 11.5 Å². The Bertz CT molecular complexity index is 1120. The Morgan fingerprint density at radius 1 is 1.09 bits per heavy atom. The van der Waals surface area contributed by atoms with Gasteiger partial charge in [-0.2, -0.15) is 10.0 Å². The molecule has 0 saturated carbocycles. The number of rotatable bonds is 6. The molecule has 2 aliphatic heterocycles. The molecule has 4 rings (SSSR count). The topological polar surface area (TPSA) is 36.7 Å². The minimum absolute atomic E-state index is 0.516. The highest BCUT2D eigenvalue weighted by molar-refractivity contribution is 8.33. The Balaban J connectivity index is 1.84. The molecule has 2 aliphatic rings. The SMILES string of the molecule is C=C1c2c(nc(S(C)(C)C(C)C)n2Cc2ccc(C)cc2)N(C)C(=C)N1CC1=CC=NC1. The van der Waals surface area contributed by atoms with Gasteiger partial charge in [0, 0.05) is 19.8 Å². The van der Waals surface area contributed by atoms with Crippen LogP contribution in [-0.4, -0.2) is 58.6 Å². The van der Waals surface area contributed by atoms with Crippen molar-refractivity contribution < 1.29 is 0 Å². The van der Waals surface area contributed by atoms with E-state index < -0.39 is 10.0 Å². The average Bonchev–Trinajstić information content (AvgIpc) is 3.39. The third-order valence-electron chi connectivity index (χ3n) is 6.71. The summed E-state index contributed by atoms with van der Waals surface area (Å²) in [5.74, 6) is 1.86. The predicted octanol–water partition coefficient (Wildman–Crippen LogP) is 5.28. The molecule has 1 aromatic heterocycles. The van der Waals surface area contributed by atoms with Crippen LogP contribution in [0.25, 0.3) is 5.70 Å². The van der Waals surface area contributed by atoms with Gasteiger partial charge in [0.25, 0.3) is 0 Å². The van der Waals surface area contributed by atoms with E-state index in [0.29, 0.717) is 5.25 Å². The summed E-state index contributed by atoms with van der Waals surface area (Å²) in [5, 5.41) is 1.69. The fourth-order valence-electron chi connectivity index (χ4n) is 4.03. The minimum atomic E-state index is -1.13. The lowest BCUT2D eigenvalue weighted by atomic mass is 10.1. The molecule has 6 heteroatoms. The Kier molecular flexibility index (Phi) is 5.84. The van der Waals surface area contributed by atoms with Crippen molar-refractivity contribution in [3.8, 4) is 0 Å². The van der Waals surface area contributed by atoms with Gasteiger partial charge in [-0.1, -0.05) is 56.8 Å². The molecule has 0 aliphatic carbocycles. The summed E-state index contributed by atoms with van der Waals surface area (Å²) < 4.78 is 2.41. The van der Waals surface area contributed by atoms with Crippen LogP contribution in [0.2, 0.25) is 0 Å². The number of aromatic nitrogens is 2. The van der Waals surface area contributed by atoms with E-state index in [-0.39, 0.29) is 0 Å². The average molecular weight is 450 g/mol. The Hall–Kier alpha value is -2.73. The minimum Gasteiger partial charge on any atom is -0.323 e. The first-order valence-corrected chi connectivity index (χ1v) is 13.6. The van der Waals surface area contributed by atoms with E-state index in [0.717, 1.165) is 42.7 Å². The molecular formula is C26H35N5S. The molecule has 3 heterocycles. The highest BCUT2D eigenvalue weighted by Crippen LogP contribution is 2.55. The lowest BCUT2D eigenvalue weighted by molar-refractivity contribution is 0.495. The van der Waals surface area contributed by atoms with Crippen LogP contribution in [0.1, 0.15) is 30.7 Å². The van der Waals surface area contributed by atoms with Gasteiger partial charge < -0.3 is 14.4 Å². The van der Waals surface area contributed by atoms with Crippen molar-refractivity contribution in [2.45, 2.75) is 37.7 Å². The second-order valence-corrected chi connectivity index (χ2v) is 13.5. The van der Waals surface area contributed by atoms with Crippen molar-refractivity contribution in [2.24, 2.45) is 4.99 Å². The molecule has 32 heavy (non-hydrogen) atoms. The molecular weight excluding hydrogens is 414 g/mol. The number of imidazole rings is 1. The number of anilines is 1.